The Morgan fingerprint density at radius 1 is 1.29 bits per heavy atom. The van der Waals surface area contributed by atoms with Crippen molar-refractivity contribution in [1.82, 2.24) is 4.98 Å². The number of carbonyl (C=O) groups excluding carboxylic acids is 1. The predicted molar refractivity (Wildman–Crippen MR) is 130 cm³/mol. The molecule has 0 radical (unpaired) electrons. The lowest BCUT2D eigenvalue weighted by Gasteiger charge is -2.36. The number of nitrogens with zero attached hydrogens (tertiary/aromatic N) is 2. The van der Waals surface area contributed by atoms with E-state index in [4.69, 9.17) is 21.1 Å². The number of pyridine rings is 1. The van der Waals surface area contributed by atoms with Crippen LogP contribution in [-0.2, 0) is 20.8 Å². The van der Waals surface area contributed by atoms with Crippen molar-refractivity contribution in [3.8, 4) is 0 Å². The zero-order chi connectivity index (χ0) is 23.5. The highest BCUT2D eigenvalue weighted by Crippen LogP contribution is 2.38. The summed E-state index contributed by atoms with van der Waals surface area (Å²) in [6.45, 7) is 2.87. The average Bonchev–Trinajstić information content (AvgIpc) is 3.04. The standard InChI is InChI=1S/C25H30ClFN4O3/c26-14-25(7-3-8-33-16-25)15-29-19-5-6-20-21(11-19)31(24(32)22-4-1-2-9-34-22)13-17-10-18(27)12-28-23(17)30-20/h5-6,10-12,22,29H,1-4,7-9,13-16H2,(H,28,30). The first-order valence-corrected chi connectivity index (χ1v) is 12.5. The number of nitrogens with one attached hydrogen (secondary N) is 2. The number of carbonyl (C=O) groups is 1. The molecule has 182 valence electrons. The molecule has 34 heavy (non-hydrogen) atoms. The molecule has 2 unspecified atom stereocenters. The van der Waals surface area contributed by atoms with Crippen LogP contribution in [0.2, 0.25) is 0 Å². The van der Waals surface area contributed by atoms with E-state index in [1.54, 1.807) is 4.90 Å². The molecule has 3 aliphatic heterocycles. The van der Waals surface area contributed by atoms with Crippen LogP contribution < -0.4 is 15.5 Å². The van der Waals surface area contributed by atoms with Crippen molar-refractivity contribution in [2.45, 2.75) is 44.8 Å². The molecular formula is C25H30ClFN4O3. The minimum Gasteiger partial charge on any atom is -0.384 e. The number of anilines is 4. The molecule has 5 rings (SSSR count). The number of hydrogen-bond acceptors (Lipinski definition) is 6. The third kappa shape index (κ3) is 4.85. The van der Waals surface area contributed by atoms with Gasteiger partial charge in [-0.05, 0) is 56.4 Å². The van der Waals surface area contributed by atoms with Crippen molar-refractivity contribution in [1.29, 1.82) is 0 Å². The second-order valence-corrected chi connectivity index (χ2v) is 9.71. The van der Waals surface area contributed by atoms with E-state index in [2.05, 4.69) is 15.6 Å². The molecule has 2 fully saturated rings. The van der Waals surface area contributed by atoms with Crippen molar-refractivity contribution in [2.75, 3.05) is 47.8 Å². The number of benzene rings is 1. The van der Waals surface area contributed by atoms with Gasteiger partial charge in [0.05, 0.1) is 30.7 Å². The summed E-state index contributed by atoms with van der Waals surface area (Å²) in [5, 5.41) is 6.80. The summed E-state index contributed by atoms with van der Waals surface area (Å²) in [6.07, 6.45) is 5.27. The Morgan fingerprint density at radius 2 is 2.21 bits per heavy atom. The SMILES string of the molecule is O=C(C1CCCCO1)N1Cc2cc(F)cnc2Nc2ccc(NCC3(CCl)CCCOC3)cc21. The first kappa shape index (κ1) is 23.3. The summed E-state index contributed by atoms with van der Waals surface area (Å²) < 4.78 is 25.5. The van der Waals surface area contributed by atoms with E-state index in [1.165, 1.54) is 12.3 Å². The van der Waals surface area contributed by atoms with E-state index in [0.717, 1.165) is 43.7 Å². The molecule has 2 N–H and O–H groups in total. The number of alkyl halides is 1. The van der Waals surface area contributed by atoms with E-state index < -0.39 is 11.9 Å². The fourth-order valence-electron chi connectivity index (χ4n) is 4.87. The molecule has 7 nitrogen and oxygen atoms in total. The van der Waals surface area contributed by atoms with Crippen molar-refractivity contribution < 1.29 is 18.7 Å². The maximum absolute atomic E-state index is 14.0. The summed E-state index contributed by atoms with van der Waals surface area (Å²) in [5.41, 5.74) is 2.83. The highest BCUT2D eigenvalue weighted by atomic mass is 35.5. The Bertz CT molecular complexity index is 1040. The van der Waals surface area contributed by atoms with Crippen LogP contribution in [0.5, 0.6) is 0 Å². The number of aromatic nitrogens is 1. The lowest BCUT2D eigenvalue weighted by Crippen LogP contribution is -2.41. The quantitative estimate of drug-likeness (QED) is 0.587. The smallest absolute Gasteiger partial charge is 0.256 e. The fraction of sp³-hybridized carbons (Fsp3) is 0.520. The van der Waals surface area contributed by atoms with Gasteiger partial charge in [0.2, 0.25) is 0 Å². The van der Waals surface area contributed by atoms with Crippen LogP contribution in [0.3, 0.4) is 0 Å². The van der Waals surface area contributed by atoms with Crippen LogP contribution in [-0.4, -0.2) is 49.2 Å². The molecule has 0 saturated carbocycles. The number of rotatable bonds is 5. The molecule has 4 heterocycles. The molecule has 2 atom stereocenters. The van der Waals surface area contributed by atoms with Gasteiger partial charge in [-0.1, -0.05) is 0 Å². The zero-order valence-electron chi connectivity index (χ0n) is 19.1. The molecule has 0 spiro atoms. The number of hydrogen-bond donors (Lipinski definition) is 2. The highest BCUT2D eigenvalue weighted by molar-refractivity contribution is 6.18. The molecule has 0 bridgehead atoms. The Morgan fingerprint density at radius 3 is 2.97 bits per heavy atom. The van der Waals surface area contributed by atoms with Gasteiger partial charge >= 0.3 is 0 Å². The number of fused-ring (bicyclic) bond motifs is 2. The van der Waals surface area contributed by atoms with Crippen LogP contribution in [0.15, 0.2) is 30.5 Å². The number of amides is 1. The monoisotopic (exact) mass is 488 g/mol. The lowest BCUT2D eigenvalue weighted by atomic mass is 9.84. The van der Waals surface area contributed by atoms with Crippen molar-refractivity contribution in [2.24, 2.45) is 5.41 Å². The minimum atomic E-state index is -0.500. The van der Waals surface area contributed by atoms with E-state index in [9.17, 15) is 9.18 Å². The first-order chi connectivity index (χ1) is 16.6. The minimum absolute atomic E-state index is 0.116. The van der Waals surface area contributed by atoms with Crippen molar-refractivity contribution >= 4 is 40.4 Å². The van der Waals surface area contributed by atoms with Crippen LogP contribution in [0, 0.1) is 11.2 Å². The molecular weight excluding hydrogens is 459 g/mol. The fourth-order valence-corrected chi connectivity index (χ4v) is 5.17. The molecule has 1 amide bonds. The molecule has 1 aromatic carbocycles. The van der Waals surface area contributed by atoms with Gasteiger partial charge in [0.15, 0.2) is 0 Å². The van der Waals surface area contributed by atoms with Gasteiger partial charge in [0, 0.05) is 42.3 Å². The van der Waals surface area contributed by atoms with Gasteiger partial charge in [0.25, 0.3) is 5.91 Å². The normalized spacial score (nSPS) is 24.4. The maximum atomic E-state index is 14.0. The lowest BCUT2D eigenvalue weighted by molar-refractivity contribution is -0.132. The van der Waals surface area contributed by atoms with E-state index >= 15 is 0 Å². The zero-order valence-corrected chi connectivity index (χ0v) is 19.9. The molecule has 0 aliphatic carbocycles. The Labute approximate surface area is 204 Å². The van der Waals surface area contributed by atoms with E-state index in [0.29, 0.717) is 49.1 Å². The molecule has 2 saturated heterocycles. The predicted octanol–water partition coefficient (Wildman–Crippen LogP) is 4.83. The third-order valence-corrected chi connectivity index (χ3v) is 7.45. The average molecular weight is 489 g/mol. The van der Waals surface area contributed by atoms with E-state index in [1.807, 2.05) is 18.2 Å². The maximum Gasteiger partial charge on any atom is 0.256 e. The molecule has 3 aliphatic rings. The second-order valence-electron chi connectivity index (χ2n) is 9.44. The Hall–Kier alpha value is -2.42. The van der Waals surface area contributed by atoms with Gasteiger partial charge in [-0.15, -0.1) is 11.6 Å². The third-order valence-electron chi connectivity index (χ3n) is 6.88. The summed E-state index contributed by atoms with van der Waals surface area (Å²) >= 11 is 6.32. The van der Waals surface area contributed by atoms with Crippen LogP contribution in [0.25, 0.3) is 0 Å². The Balaban J connectivity index is 1.45. The van der Waals surface area contributed by atoms with Crippen LogP contribution >= 0.6 is 11.6 Å². The van der Waals surface area contributed by atoms with Gasteiger partial charge in [-0.25, -0.2) is 9.37 Å². The van der Waals surface area contributed by atoms with Gasteiger partial charge < -0.3 is 25.0 Å². The molecule has 1 aromatic heterocycles. The summed E-state index contributed by atoms with van der Waals surface area (Å²) in [6, 6.07) is 7.27. The molecule has 2 aromatic rings. The summed E-state index contributed by atoms with van der Waals surface area (Å²) in [4.78, 5) is 19.5. The largest absolute Gasteiger partial charge is 0.384 e. The van der Waals surface area contributed by atoms with Gasteiger partial charge in [-0.3, -0.25) is 4.79 Å². The Kier molecular flexibility index (Phi) is 6.90. The second kappa shape index (κ2) is 10.1. The summed E-state index contributed by atoms with van der Waals surface area (Å²) in [7, 11) is 0. The van der Waals surface area contributed by atoms with Crippen molar-refractivity contribution in [3.63, 3.8) is 0 Å². The van der Waals surface area contributed by atoms with Crippen LogP contribution in [0.4, 0.5) is 27.3 Å². The van der Waals surface area contributed by atoms with Crippen LogP contribution in [0.1, 0.15) is 37.7 Å². The number of halogens is 2. The van der Waals surface area contributed by atoms with Gasteiger partial charge in [-0.2, -0.15) is 0 Å². The highest BCUT2D eigenvalue weighted by Gasteiger charge is 2.34. The summed E-state index contributed by atoms with van der Waals surface area (Å²) in [5.74, 6) is 0.512. The topological polar surface area (TPSA) is 75.7 Å². The number of ether oxygens (including phenoxy) is 2. The first-order valence-electron chi connectivity index (χ1n) is 11.9. The van der Waals surface area contributed by atoms with Crippen molar-refractivity contribution in [3.05, 3.63) is 41.8 Å². The van der Waals surface area contributed by atoms with E-state index in [-0.39, 0.29) is 17.9 Å². The van der Waals surface area contributed by atoms with Gasteiger partial charge in [0.1, 0.15) is 17.7 Å². The molecule has 9 heteroatoms.